The summed E-state index contributed by atoms with van der Waals surface area (Å²) in [6.07, 6.45) is 4.72. The molecule has 2 N–H and O–H groups in total. The zero-order valence-corrected chi connectivity index (χ0v) is 16.5. The third kappa shape index (κ3) is 4.78. The van der Waals surface area contributed by atoms with E-state index >= 15 is 0 Å². The number of benzene rings is 1. The van der Waals surface area contributed by atoms with Crippen LogP contribution in [0, 0.1) is 0 Å². The fourth-order valence-corrected chi connectivity index (χ4v) is 4.04. The summed E-state index contributed by atoms with van der Waals surface area (Å²) in [4.78, 5) is 16.3. The lowest BCUT2D eigenvalue weighted by molar-refractivity contribution is 0.0939. The topological polar surface area (TPSA) is 101 Å². The molecule has 2 aromatic heterocycles. The van der Waals surface area contributed by atoms with Crippen molar-refractivity contribution in [3.8, 4) is 0 Å². The number of hydrogen-bond donors (Lipinski definition) is 2. The van der Waals surface area contributed by atoms with Crippen LogP contribution in [-0.2, 0) is 16.6 Å². The Bertz CT molecular complexity index is 1050. The van der Waals surface area contributed by atoms with E-state index in [1.54, 1.807) is 36.7 Å². The number of carbonyl (C=O) groups is 1. The van der Waals surface area contributed by atoms with E-state index in [1.807, 2.05) is 6.92 Å². The first-order valence-electron chi connectivity index (χ1n) is 8.39. The van der Waals surface area contributed by atoms with Crippen LogP contribution < -0.4 is 10.0 Å². The molecule has 2 heterocycles. The fraction of sp³-hybridized carbons (Fsp3) is 0.158. The Morgan fingerprint density at radius 3 is 2.64 bits per heavy atom. The number of sulfonamides is 1. The second kappa shape index (κ2) is 8.55. The van der Waals surface area contributed by atoms with E-state index in [-0.39, 0.29) is 28.1 Å². The Balaban J connectivity index is 1.77. The number of aromatic nitrogens is 1. The van der Waals surface area contributed by atoms with Gasteiger partial charge in [0.2, 0.25) is 10.0 Å². The van der Waals surface area contributed by atoms with Crippen molar-refractivity contribution in [2.24, 2.45) is 0 Å². The Kier molecular flexibility index (Phi) is 6.13. The minimum Gasteiger partial charge on any atom is -0.468 e. The molecule has 146 valence electrons. The average Bonchev–Trinajstić information content (AvgIpc) is 3.21. The van der Waals surface area contributed by atoms with Gasteiger partial charge in [-0.1, -0.05) is 11.6 Å². The van der Waals surface area contributed by atoms with Gasteiger partial charge in [0.15, 0.2) is 0 Å². The summed E-state index contributed by atoms with van der Waals surface area (Å²) in [5.41, 5.74) is 1.06. The van der Waals surface area contributed by atoms with Crippen LogP contribution >= 0.6 is 11.6 Å². The number of pyridine rings is 1. The number of hydrogen-bond acceptors (Lipinski definition) is 5. The number of halogens is 1. The Morgan fingerprint density at radius 2 is 1.96 bits per heavy atom. The Labute approximate surface area is 167 Å². The predicted molar refractivity (Wildman–Crippen MR) is 104 cm³/mol. The Hall–Kier alpha value is -2.68. The number of furan rings is 1. The molecule has 0 fully saturated rings. The van der Waals surface area contributed by atoms with E-state index in [0.29, 0.717) is 5.76 Å². The molecule has 1 unspecified atom stereocenters. The SMILES string of the molecule is CC(NC(=O)c1ccc(Cl)c(S(=O)(=O)NCc2ccco2)c1)c1ccncc1. The van der Waals surface area contributed by atoms with Crippen molar-refractivity contribution in [2.75, 3.05) is 0 Å². The maximum absolute atomic E-state index is 12.6. The summed E-state index contributed by atoms with van der Waals surface area (Å²) in [6, 6.07) is 10.7. The zero-order valence-electron chi connectivity index (χ0n) is 14.9. The number of nitrogens with zero attached hydrogens (tertiary/aromatic N) is 1. The molecule has 0 spiro atoms. The van der Waals surface area contributed by atoms with Gasteiger partial charge in [-0.25, -0.2) is 13.1 Å². The lowest BCUT2D eigenvalue weighted by Gasteiger charge is -2.15. The first-order chi connectivity index (χ1) is 13.4. The van der Waals surface area contributed by atoms with Crippen LogP contribution in [0.2, 0.25) is 5.02 Å². The molecule has 1 amide bonds. The van der Waals surface area contributed by atoms with Gasteiger partial charge in [0.1, 0.15) is 10.7 Å². The largest absolute Gasteiger partial charge is 0.468 e. The lowest BCUT2D eigenvalue weighted by Crippen LogP contribution is -2.27. The predicted octanol–water partition coefficient (Wildman–Crippen LogP) is 3.30. The fourth-order valence-electron chi connectivity index (χ4n) is 2.52. The molecule has 0 radical (unpaired) electrons. The number of rotatable bonds is 7. The normalized spacial score (nSPS) is 12.5. The molecule has 1 aromatic carbocycles. The summed E-state index contributed by atoms with van der Waals surface area (Å²) in [5, 5.41) is 2.84. The highest BCUT2D eigenvalue weighted by Crippen LogP contribution is 2.23. The second-order valence-corrected chi connectivity index (χ2v) is 8.17. The molecule has 7 nitrogen and oxygen atoms in total. The van der Waals surface area contributed by atoms with Gasteiger partial charge >= 0.3 is 0 Å². The molecule has 1 atom stereocenters. The van der Waals surface area contributed by atoms with Crippen molar-refractivity contribution in [3.63, 3.8) is 0 Å². The average molecular weight is 420 g/mol. The van der Waals surface area contributed by atoms with E-state index in [0.717, 1.165) is 5.56 Å². The Morgan fingerprint density at radius 1 is 1.21 bits per heavy atom. The molecule has 3 aromatic rings. The van der Waals surface area contributed by atoms with Gasteiger partial charge in [-0.05, 0) is 55.0 Å². The van der Waals surface area contributed by atoms with Crippen molar-refractivity contribution in [1.29, 1.82) is 0 Å². The summed E-state index contributed by atoms with van der Waals surface area (Å²) in [7, 11) is -3.93. The van der Waals surface area contributed by atoms with Gasteiger partial charge in [0.05, 0.1) is 23.9 Å². The van der Waals surface area contributed by atoms with E-state index < -0.39 is 15.9 Å². The standard InChI is InChI=1S/C19H18ClN3O4S/c1-13(14-6-8-21-9-7-14)23-19(24)15-4-5-17(20)18(11-15)28(25,26)22-12-16-3-2-10-27-16/h2-11,13,22H,12H2,1H3,(H,23,24). The quantitative estimate of drug-likeness (QED) is 0.611. The van der Waals surface area contributed by atoms with Crippen LogP contribution in [0.5, 0.6) is 0 Å². The summed E-state index contributed by atoms with van der Waals surface area (Å²) in [5.74, 6) is 0.0447. The van der Waals surface area contributed by atoms with Gasteiger partial charge < -0.3 is 9.73 Å². The van der Waals surface area contributed by atoms with E-state index in [9.17, 15) is 13.2 Å². The van der Waals surface area contributed by atoms with Gasteiger partial charge in [-0.2, -0.15) is 0 Å². The molecule has 28 heavy (non-hydrogen) atoms. The highest BCUT2D eigenvalue weighted by Gasteiger charge is 2.21. The molecule has 0 saturated heterocycles. The molecule has 3 rings (SSSR count). The van der Waals surface area contributed by atoms with Crippen LogP contribution in [0.25, 0.3) is 0 Å². The van der Waals surface area contributed by atoms with Gasteiger partial charge in [0.25, 0.3) is 5.91 Å². The molecule has 0 bridgehead atoms. The maximum Gasteiger partial charge on any atom is 0.251 e. The van der Waals surface area contributed by atoms with Crippen LogP contribution in [0.1, 0.15) is 34.6 Å². The van der Waals surface area contributed by atoms with Crippen molar-refractivity contribution in [3.05, 3.63) is 83.0 Å². The minimum atomic E-state index is -3.93. The second-order valence-electron chi connectivity index (χ2n) is 6.02. The first kappa shape index (κ1) is 20.1. The number of amides is 1. The summed E-state index contributed by atoms with van der Waals surface area (Å²) in [6.45, 7) is 1.80. The van der Waals surface area contributed by atoms with Crippen molar-refractivity contribution in [2.45, 2.75) is 24.4 Å². The monoisotopic (exact) mass is 419 g/mol. The van der Waals surface area contributed by atoms with Crippen molar-refractivity contribution < 1.29 is 17.6 Å². The van der Waals surface area contributed by atoms with Crippen LogP contribution in [0.4, 0.5) is 0 Å². The van der Waals surface area contributed by atoms with Gasteiger partial charge in [-0.15, -0.1) is 0 Å². The van der Waals surface area contributed by atoms with Crippen molar-refractivity contribution >= 4 is 27.5 Å². The van der Waals surface area contributed by atoms with Crippen LogP contribution in [0.15, 0.2) is 70.4 Å². The number of nitrogens with one attached hydrogen (secondary N) is 2. The molecular formula is C19H18ClN3O4S. The van der Waals surface area contributed by atoms with E-state index in [2.05, 4.69) is 15.0 Å². The van der Waals surface area contributed by atoms with Gasteiger partial charge in [-0.3, -0.25) is 9.78 Å². The van der Waals surface area contributed by atoms with E-state index in [1.165, 1.54) is 24.5 Å². The molecule has 9 heteroatoms. The third-order valence-electron chi connectivity index (χ3n) is 4.05. The molecule has 0 saturated carbocycles. The molecule has 0 aliphatic carbocycles. The van der Waals surface area contributed by atoms with E-state index in [4.69, 9.17) is 16.0 Å². The summed E-state index contributed by atoms with van der Waals surface area (Å²) >= 11 is 6.07. The lowest BCUT2D eigenvalue weighted by atomic mass is 10.1. The molecule has 0 aliphatic rings. The summed E-state index contributed by atoms with van der Waals surface area (Å²) < 4.78 is 32.7. The molecule has 0 aliphatic heterocycles. The molecular weight excluding hydrogens is 402 g/mol. The van der Waals surface area contributed by atoms with Crippen molar-refractivity contribution in [1.82, 2.24) is 15.0 Å². The van der Waals surface area contributed by atoms with Crippen LogP contribution in [0.3, 0.4) is 0 Å². The van der Waals surface area contributed by atoms with Crippen LogP contribution in [-0.4, -0.2) is 19.3 Å². The highest BCUT2D eigenvalue weighted by molar-refractivity contribution is 7.89. The minimum absolute atomic E-state index is 0.0191. The zero-order chi connectivity index (χ0) is 20.1. The smallest absolute Gasteiger partial charge is 0.251 e. The van der Waals surface area contributed by atoms with Gasteiger partial charge in [0, 0.05) is 18.0 Å². The maximum atomic E-state index is 12.6. The highest BCUT2D eigenvalue weighted by atomic mass is 35.5. The first-order valence-corrected chi connectivity index (χ1v) is 10.3. The number of carbonyl (C=O) groups excluding carboxylic acids is 1. The third-order valence-corrected chi connectivity index (χ3v) is 5.94.